The molecule has 0 radical (unpaired) electrons. The van der Waals surface area contributed by atoms with E-state index >= 15 is 0 Å². The van der Waals surface area contributed by atoms with Crippen LogP contribution >= 0.6 is 11.6 Å². The van der Waals surface area contributed by atoms with Crippen LogP contribution in [-0.4, -0.2) is 16.5 Å². The number of aryl methyl sites for hydroxylation is 1. The second-order valence-electron chi connectivity index (χ2n) is 4.48. The molecule has 0 bridgehead atoms. The van der Waals surface area contributed by atoms with Crippen molar-refractivity contribution in [3.63, 3.8) is 0 Å². The molecule has 0 N–H and O–H groups in total. The molecule has 3 rings (SSSR count). The third-order valence-corrected chi connectivity index (χ3v) is 3.40. The lowest BCUT2D eigenvalue weighted by Gasteiger charge is -2.30. The smallest absolute Gasteiger partial charge is 0.222 e. The van der Waals surface area contributed by atoms with Gasteiger partial charge in [-0.3, -0.25) is 0 Å². The van der Waals surface area contributed by atoms with E-state index in [2.05, 4.69) is 39.1 Å². The quantitative estimate of drug-likeness (QED) is 0.776. The van der Waals surface area contributed by atoms with Gasteiger partial charge >= 0.3 is 0 Å². The number of hydrogen-bond donors (Lipinski definition) is 0. The molecule has 1 aliphatic heterocycles. The van der Waals surface area contributed by atoms with E-state index in [1.807, 2.05) is 12.3 Å². The molecule has 2 aromatic rings. The highest BCUT2D eigenvalue weighted by Gasteiger charge is 2.18. The maximum atomic E-state index is 5.84. The molecule has 2 heterocycles. The SMILES string of the molecule is Clc1ncc2c(n1)CCCN2Cc1ccccc1. The van der Waals surface area contributed by atoms with Crippen molar-refractivity contribution < 1.29 is 0 Å². The summed E-state index contributed by atoms with van der Waals surface area (Å²) in [5, 5.41) is 0.343. The van der Waals surface area contributed by atoms with Gasteiger partial charge in [0.2, 0.25) is 5.28 Å². The first kappa shape index (κ1) is 11.5. The summed E-state index contributed by atoms with van der Waals surface area (Å²) in [4.78, 5) is 10.7. The number of nitrogens with zero attached hydrogens (tertiary/aromatic N) is 3. The van der Waals surface area contributed by atoms with Crippen LogP contribution in [0.1, 0.15) is 17.7 Å². The normalized spacial score (nSPS) is 14.4. The molecule has 0 saturated carbocycles. The van der Waals surface area contributed by atoms with E-state index in [1.54, 1.807) is 0 Å². The van der Waals surface area contributed by atoms with E-state index < -0.39 is 0 Å². The van der Waals surface area contributed by atoms with Gasteiger partial charge in [-0.15, -0.1) is 0 Å². The summed E-state index contributed by atoms with van der Waals surface area (Å²) in [6.45, 7) is 1.95. The number of rotatable bonds is 2. The first-order valence-electron chi connectivity index (χ1n) is 6.13. The molecule has 1 aliphatic rings. The number of anilines is 1. The molecule has 1 aromatic heterocycles. The number of fused-ring (bicyclic) bond motifs is 1. The largest absolute Gasteiger partial charge is 0.364 e. The minimum Gasteiger partial charge on any atom is -0.364 e. The molecule has 18 heavy (non-hydrogen) atoms. The van der Waals surface area contributed by atoms with Gasteiger partial charge in [-0.1, -0.05) is 30.3 Å². The van der Waals surface area contributed by atoms with Crippen molar-refractivity contribution in [3.8, 4) is 0 Å². The van der Waals surface area contributed by atoms with Crippen molar-refractivity contribution in [3.05, 3.63) is 53.1 Å². The fourth-order valence-corrected chi connectivity index (χ4v) is 2.51. The number of hydrogen-bond acceptors (Lipinski definition) is 3. The van der Waals surface area contributed by atoms with Gasteiger partial charge in [0.05, 0.1) is 17.6 Å². The molecule has 92 valence electrons. The Hall–Kier alpha value is -1.61. The standard InChI is InChI=1S/C14H14ClN3/c15-14-16-9-13-12(17-14)7-4-8-18(13)10-11-5-2-1-3-6-11/h1-3,5-6,9H,4,7-8,10H2. The van der Waals surface area contributed by atoms with Gasteiger partial charge < -0.3 is 4.90 Å². The van der Waals surface area contributed by atoms with Crippen LogP contribution in [0.15, 0.2) is 36.5 Å². The molecule has 4 heteroatoms. The van der Waals surface area contributed by atoms with Gasteiger partial charge in [-0.05, 0) is 30.0 Å². The summed E-state index contributed by atoms with van der Waals surface area (Å²) >= 11 is 5.84. The number of halogens is 1. The zero-order valence-corrected chi connectivity index (χ0v) is 10.8. The average molecular weight is 260 g/mol. The molecular weight excluding hydrogens is 246 g/mol. The maximum absolute atomic E-state index is 5.84. The second kappa shape index (κ2) is 4.94. The summed E-state index contributed by atoms with van der Waals surface area (Å²) in [5.74, 6) is 0. The Morgan fingerprint density at radius 1 is 1.22 bits per heavy atom. The molecule has 0 amide bonds. The van der Waals surface area contributed by atoms with Crippen molar-refractivity contribution in [1.82, 2.24) is 9.97 Å². The lowest BCUT2D eigenvalue weighted by Crippen LogP contribution is -2.29. The molecule has 0 saturated heterocycles. The van der Waals surface area contributed by atoms with Crippen molar-refractivity contribution in [2.75, 3.05) is 11.4 Å². The Morgan fingerprint density at radius 2 is 2.06 bits per heavy atom. The van der Waals surface area contributed by atoms with E-state index in [0.717, 1.165) is 37.3 Å². The lowest BCUT2D eigenvalue weighted by atomic mass is 10.1. The number of benzene rings is 1. The molecule has 1 aromatic carbocycles. The van der Waals surface area contributed by atoms with Gasteiger partial charge in [-0.2, -0.15) is 0 Å². The van der Waals surface area contributed by atoms with E-state index in [1.165, 1.54) is 5.56 Å². The van der Waals surface area contributed by atoms with Gasteiger partial charge in [0.25, 0.3) is 0 Å². The number of aromatic nitrogens is 2. The van der Waals surface area contributed by atoms with Crippen LogP contribution in [0.5, 0.6) is 0 Å². The molecule has 0 spiro atoms. The predicted molar refractivity (Wildman–Crippen MR) is 72.9 cm³/mol. The van der Waals surface area contributed by atoms with Crippen LogP contribution in [0.25, 0.3) is 0 Å². The summed E-state index contributed by atoms with van der Waals surface area (Å²) in [6, 6.07) is 10.5. The van der Waals surface area contributed by atoms with Crippen LogP contribution in [-0.2, 0) is 13.0 Å². The summed E-state index contributed by atoms with van der Waals surface area (Å²) < 4.78 is 0. The molecule has 0 unspecified atom stereocenters. The average Bonchev–Trinajstić information content (AvgIpc) is 2.40. The van der Waals surface area contributed by atoms with E-state index in [9.17, 15) is 0 Å². The van der Waals surface area contributed by atoms with Gasteiger partial charge in [0.1, 0.15) is 0 Å². The molecular formula is C14H14ClN3. The Kier molecular flexibility index (Phi) is 3.15. The highest BCUT2D eigenvalue weighted by Crippen LogP contribution is 2.26. The van der Waals surface area contributed by atoms with Crippen LogP contribution in [0.4, 0.5) is 5.69 Å². The molecule has 0 atom stereocenters. The molecule has 3 nitrogen and oxygen atoms in total. The van der Waals surface area contributed by atoms with E-state index in [0.29, 0.717) is 5.28 Å². The minimum absolute atomic E-state index is 0.343. The fourth-order valence-electron chi connectivity index (χ4n) is 2.36. The van der Waals surface area contributed by atoms with Crippen molar-refractivity contribution in [2.45, 2.75) is 19.4 Å². The van der Waals surface area contributed by atoms with Gasteiger partial charge in [0.15, 0.2) is 0 Å². The first-order chi connectivity index (χ1) is 8.83. The van der Waals surface area contributed by atoms with Crippen molar-refractivity contribution in [1.29, 1.82) is 0 Å². The summed E-state index contributed by atoms with van der Waals surface area (Å²) in [7, 11) is 0. The lowest BCUT2D eigenvalue weighted by molar-refractivity contribution is 0.673. The highest BCUT2D eigenvalue weighted by atomic mass is 35.5. The zero-order chi connectivity index (χ0) is 12.4. The van der Waals surface area contributed by atoms with Crippen LogP contribution in [0.3, 0.4) is 0 Å². The fraction of sp³-hybridized carbons (Fsp3) is 0.286. The van der Waals surface area contributed by atoms with Crippen LogP contribution in [0, 0.1) is 0 Å². The van der Waals surface area contributed by atoms with Crippen molar-refractivity contribution in [2.24, 2.45) is 0 Å². The monoisotopic (exact) mass is 259 g/mol. The summed E-state index contributed by atoms with van der Waals surface area (Å²) in [5.41, 5.74) is 3.49. The highest BCUT2D eigenvalue weighted by molar-refractivity contribution is 6.28. The minimum atomic E-state index is 0.343. The third-order valence-electron chi connectivity index (χ3n) is 3.21. The topological polar surface area (TPSA) is 29.0 Å². The van der Waals surface area contributed by atoms with Gasteiger partial charge in [0, 0.05) is 13.1 Å². The Labute approximate surface area is 111 Å². The second-order valence-corrected chi connectivity index (χ2v) is 4.82. The van der Waals surface area contributed by atoms with Crippen LogP contribution in [0.2, 0.25) is 5.28 Å². The zero-order valence-electron chi connectivity index (χ0n) is 10.0. The van der Waals surface area contributed by atoms with Crippen LogP contribution < -0.4 is 4.90 Å². The Bertz CT molecular complexity index is 542. The Balaban J connectivity index is 1.87. The van der Waals surface area contributed by atoms with E-state index in [4.69, 9.17) is 11.6 Å². The van der Waals surface area contributed by atoms with Gasteiger partial charge in [-0.25, -0.2) is 9.97 Å². The summed E-state index contributed by atoms with van der Waals surface area (Å²) in [6.07, 6.45) is 3.95. The third kappa shape index (κ3) is 2.31. The maximum Gasteiger partial charge on any atom is 0.222 e. The Morgan fingerprint density at radius 3 is 2.89 bits per heavy atom. The van der Waals surface area contributed by atoms with E-state index in [-0.39, 0.29) is 0 Å². The molecule has 0 aliphatic carbocycles. The van der Waals surface area contributed by atoms with Crippen molar-refractivity contribution >= 4 is 17.3 Å². The molecule has 0 fully saturated rings. The predicted octanol–water partition coefficient (Wildman–Crippen LogP) is 3.08. The first-order valence-corrected chi connectivity index (χ1v) is 6.51.